The Labute approximate surface area is 130 Å². The number of nitrogens with one attached hydrogen (secondary N) is 1. The molecule has 124 valence electrons. The van der Waals surface area contributed by atoms with Gasteiger partial charge in [-0.25, -0.2) is 0 Å². The van der Waals surface area contributed by atoms with Crippen molar-refractivity contribution in [3.05, 3.63) is 0 Å². The molecule has 0 amide bonds. The van der Waals surface area contributed by atoms with Crippen molar-refractivity contribution >= 4 is 0 Å². The Bertz CT molecular complexity index is 293. The highest BCUT2D eigenvalue weighted by Gasteiger charge is 2.36. The van der Waals surface area contributed by atoms with Crippen molar-refractivity contribution in [2.45, 2.75) is 52.7 Å². The van der Waals surface area contributed by atoms with Crippen LogP contribution >= 0.6 is 0 Å². The molecule has 21 heavy (non-hydrogen) atoms. The summed E-state index contributed by atoms with van der Waals surface area (Å²) in [6, 6.07) is 0. The van der Waals surface area contributed by atoms with Gasteiger partial charge in [-0.3, -0.25) is 4.90 Å². The van der Waals surface area contributed by atoms with Gasteiger partial charge in [0.1, 0.15) is 0 Å². The summed E-state index contributed by atoms with van der Waals surface area (Å²) in [5.74, 6) is 0.704. The highest BCUT2D eigenvalue weighted by atomic mass is 16.5. The maximum absolute atomic E-state index is 5.86. The van der Waals surface area contributed by atoms with E-state index in [4.69, 9.17) is 9.47 Å². The predicted molar refractivity (Wildman–Crippen MR) is 86.6 cm³/mol. The van der Waals surface area contributed by atoms with Crippen LogP contribution in [0, 0.1) is 11.3 Å². The fourth-order valence-electron chi connectivity index (χ4n) is 3.74. The van der Waals surface area contributed by atoms with Gasteiger partial charge in [-0.05, 0) is 39.2 Å². The molecular formula is C17H34N2O2. The third-order valence-corrected chi connectivity index (χ3v) is 4.51. The van der Waals surface area contributed by atoms with Crippen molar-refractivity contribution in [2.75, 3.05) is 45.9 Å². The molecule has 0 saturated carbocycles. The van der Waals surface area contributed by atoms with Crippen LogP contribution in [0.1, 0.15) is 40.5 Å². The molecule has 0 radical (unpaired) electrons. The standard InChI is InChI=1S/C17H34N2O2/c1-14(2)8-18-11-17(6-5-7-20-13-17)12-19-9-15(3)21-16(4)10-19/h14-16,18H,5-13H2,1-4H3/t15-,16+,17?. The normalized spacial score (nSPS) is 35.3. The number of hydrogen-bond acceptors (Lipinski definition) is 4. The quantitative estimate of drug-likeness (QED) is 0.814. The zero-order valence-corrected chi connectivity index (χ0v) is 14.4. The van der Waals surface area contributed by atoms with Crippen LogP contribution in [0.25, 0.3) is 0 Å². The van der Waals surface area contributed by atoms with E-state index < -0.39 is 0 Å². The van der Waals surface area contributed by atoms with Crippen molar-refractivity contribution in [3.63, 3.8) is 0 Å². The first kappa shape index (κ1) is 17.2. The third-order valence-electron chi connectivity index (χ3n) is 4.51. The van der Waals surface area contributed by atoms with Crippen LogP contribution in [0.2, 0.25) is 0 Å². The van der Waals surface area contributed by atoms with Crippen LogP contribution in [0.5, 0.6) is 0 Å². The zero-order valence-electron chi connectivity index (χ0n) is 14.4. The number of rotatable bonds is 6. The first-order chi connectivity index (χ1) is 9.99. The Kier molecular flexibility index (Phi) is 6.48. The molecule has 0 aliphatic carbocycles. The van der Waals surface area contributed by atoms with E-state index in [9.17, 15) is 0 Å². The van der Waals surface area contributed by atoms with Crippen molar-refractivity contribution in [2.24, 2.45) is 11.3 Å². The topological polar surface area (TPSA) is 33.7 Å². The number of ether oxygens (including phenoxy) is 2. The molecule has 3 atom stereocenters. The molecule has 0 bridgehead atoms. The highest BCUT2D eigenvalue weighted by Crippen LogP contribution is 2.30. The van der Waals surface area contributed by atoms with Crippen molar-refractivity contribution in [1.82, 2.24) is 10.2 Å². The van der Waals surface area contributed by atoms with Gasteiger partial charge in [0.25, 0.3) is 0 Å². The molecule has 4 heteroatoms. The molecule has 0 spiro atoms. The summed E-state index contributed by atoms with van der Waals surface area (Å²) in [6.07, 6.45) is 3.16. The monoisotopic (exact) mass is 298 g/mol. The lowest BCUT2D eigenvalue weighted by Gasteiger charge is -2.44. The van der Waals surface area contributed by atoms with Crippen LogP contribution in [0.4, 0.5) is 0 Å². The maximum atomic E-state index is 5.86. The zero-order chi connectivity index (χ0) is 15.3. The third kappa shape index (κ3) is 5.51. The van der Waals surface area contributed by atoms with Gasteiger partial charge in [0.05, 0.1) is 18.8 Å². The largest absolute Gasteiger partial charge is 0.381 e. The molecule has 2 fully saturated rings. The molecule has 0 aromatic rings. The molecule has 1 unspecified atom stereocenters. The summed E-state index contributed by atoms with van der Waals surface area (Å²) in [6.45, 7) is 16.1. The summed E-state index contributed by atoms with van der Waals surface area (Å²) in [5.41, 5.74) is 0.282. The second kappa shape index (κ2) is 7.91. The number of hydrogen-bond donors (Lipinski definition) is 1. The Balaban J connectivity index is 1.91. The summed E-state index contributed by atoms with van der Waals surface area (Å²) >= 11 is 0. The minimum atomic E-state index is 0.282. The van der Waals surface area contributed by atoms with E-state index in [1.165, 1.54) is 12.8 Å². The summed E-state index contributed by atoms with van der Waals surface area (Å²) in [5, 5.41) is 3.67. The average molecular weight is 298 g/mol. The Morgan fingerprint density at radius 3 is 2.52 bits per heavy atom. The second-order valence-corrected chi connectivity index (χ2v) is 7.63. The highest BCUT2D eigenvalue weighted by molar-refractivity contribution is 4.89. The molecule has 2 rings (SSSR count). The Morgan fingerprint density at radius 2 is 1.95 bits per heavy atom. The lowest BCUT2D eigenvalue weighted by molar-refractivity contribution is -0.0931. The number of nitrogens with zero attached hydrogens (tertiary/aromatic N) is 1. The molecular weight excluding hydrogens is 264 g/mol. The summed E-state index contributed by atoms with van der Waals surface area (Å²) in [7, 11) is 0. The first-order valence-corrected chi connectivity index (χ1v) is 8.65. The van der Waals surface area contributed by atoms with Gasteiger partial charge in [-0.2, -0.15) is 0 Å². The van der Waals surface area contributed by atoms with Crippen LogP contribution in [0.15, 0.2) is 0 Å². The summed E-state index contributed by atoms with van der Waals surface area (Å²) in [4.78, 5) is 2.59. The minimum absolute atomic E-state index is 0.282. The minimum Gasteiger partial charge on any atom is -0.381 e. The van der Waals surface area contributed by atoms with Gasteiger partial charge >= 0.3 is 0 Å². The number of morpholine rings is 1. The Hall–Kier alpha value is -0.160. The fraction of sp³-hybridized carbons (Fsp3) is 1.00. The van der Waals surface area contributed by atoms with Crippen LogP contribution in [-0.2, 0) is 9.47 Å². The SMILES string of the molecule is CC(C)CNCC1(CN2C[C@@H](C)O[C@@H](C)C2)CCCOC1. The predicted octanol–water partition coefficient (Wildman–Crippen LogP) is 2.14. The maximum Gasteiger partial charge on any atom is 0.0678 e. The van der Waals surface area contributed by atoms with E-state index in [2.05, 4.69) is 37.9 Å². The van der Waals surface area contributed by atoms with Crippen LogP contribution in [0.3, 0.4) is 0 Å². The van der Waals surface area contributed by atoms with Gasteiger partial charge in [0.2, 0.25) is 0 Å². The first-order valence-electron chi connectivity index (χ1n) is 8.65. The van der Waals surface area contributed by atoms with Gasteiger partial charge in [0.15, 0.2) is 0 Å². The van der Waals surface area contributed by atoms with Crippen molar-refractivity contribution in [3.8, 4) is 0 Å². The molecule has 2 heterocycles. The smallest absolute Gasteiger partial charge is 0.0678 e. The van der Waals surface area contributed by atoms with E-state index in [1.807, 2.05) is 0 Å². The van der Waals surface area contributed by atoms with Crippen LogP contribution < -0.4 is 5.32 Å². The van der Waals surface area contributed by atoms with E-state index in [0.717, 1.165) is 45.9 Å². The lowest BCUT2D eigenvalue weighted by Crippen LogP contribution is -2.54. The van der Waals surface area contributed by atoms with E-state index in [1.54, 1.807) is 0 Å². The molecule has 4 nitrogen and oxygen atoms in total. The molecule has 2 aliphatic heterocycles. The van der Waals surface area contributed by atoms with Crippen molar-refractivity contribution < 1.29 is 9.47 Å². The van der Waals surface area contributed by atoms with Crippen LogP contribution in [-0.4, -0.2) is 63.0 Å². The molecule has 0 aromatic carbocycles. The molecule has 0 aromatic heterocycles. The second-order valence-electron chi connectivity index (χ2n) is 7.63. The Morgan fingerprint density at radius 1 is 1.24 bits per heavy atom. The van der Waals surface area contributed by atoms with Crippen molar-refractivity contribution in [1.29, 1.82) is 0 Å². The summed E-state index contributed by atoms with van der Waals surface area (Å²) < 4.78 is 11.7. The van der Waals surface area contributed by atoms with Gasteiger partial charge in [0, 0.05) is 38.2 Å². The lowest BCUT2D eigenvalue weighted by atomic mass is 9.81. The van der Waals surface area contributed by atoms with E-state index in [-0.39, 0.29) is 5.41 Å². The molecule has 2 saturated heterocycles. The van der Waals surface area contributed by atoms with Gasteiger partial charge < -0.3 is 14.8 Å². The van der Waals surface area contributed by atoms with Gasteiger partial charge in [-0.1, -0.05) is 13.8 Å². The van der Waals surface area contributed by atoms with E-state index >= 15 is 0 Å². The fourth-order valence-corrected chi connectivity index (χ4v) is 3.74. The molecule has 2 aliphatic rings. The van der Waals surface area contributed by atoms with E-state index in [0.29, 0.717) is 18.1 Å². The average Bonchev–Trinajstić information content (AvgIpc) is 2.37. The molecule has 1 N–H and O–H groups in total. The van der Waals surface area contributed by atoms with Gasteiger partial charge in [-0.15, -0.1) is 0 Å².